The lowest BCUT2D eigenvalue weighted by molar-refractivity contribution is 0.0629. The summed E-state index contributed by atoms with van der Waals surface area (Å²) in [6, 6.07) is 7.76. The van der Waals surface area contributed by atoms with Crippen LogP contribution in [0, 0.1) is 6.92 Å². The van der Waals surface area contributed by atoms with E-state index in [1.165, 1.54) is 0 Å². The molecule has 0 bridgehead atoms. The van der Waals surface area contributed by atoms with Crippen LogP contribution in [0.25, 0.3) is 0 Å². The molecular weight excluding hydrogens is 240 g/mol. The van der Waals surface area contributed by atoms with Gasteiger partial charge in [0.2, 0.25) is 0 Å². The van der Waals surface area contributed by atoms with Crippen LogP contribution in [-0.2, 0) is 0 Å². The molecule has 1 aromatic carbocycles. The maximum atomic E-state index is 12.3. The first-order valence-corrected chi connectivity index (χ1v) is 6.90. The van der Waals surface area contributed by atoms with Crippen molar-refractivity contribution < 1.29 is 9.90 Å². The first-order valence-electron chi connectivity index (χ1n) is 6.90. The predicted molar refractivity (Wildman–Crippen MR) is 75.2 cm³/mol. The second-order valence-electron chi connectivity index (χ2n) is 5.08. The Labute approximate surface area is 114 Å². The van der Waals surface area contributed by atoms with Gasteiger partial charge in [-0.1, -0.05) is 17.7 Å². The number of piperazine rings is 1. The van der Waals surface area contributed by atoms with E-state index < -0.39 is 0 Å². The molecule has 1 heterocycles. The summed E-state index contributed by atoms with van der Waals surface area (Å²) < 4.78 is 0. The fourth-order valence-electron chi connectivity index (χ4n) is 2.43. The Kier molecular flexibility index (Phi) is 4.93. The van der Waals surface area contributed by atoms with Gasteiger partial charge in [0.1, 0.15) is 0 Å². The normalized spacial score (nSPS) is 16.6. The molecule has 0 spiro atoms. The van der Waals surface area contributed by atoms with Crippen molar-refractivity contribution in [3.63, 3.8) is 0 Å². The first kappa shape index (κ1) is 14.0. The highest BCUT2D eigenvalue weighted by Crippen LogP contribution is 2.10. The molecule has 2 rings (SSSR count). The molecule has 1 fully saturated rings. The topological polar surface area (TPSA) is 43.8 Å². The number of hydrogen-bond donors (Lipinski definition) is 1. The first-order chi connectivity index (χ1) is 9.20. The molecule has 1 N–H and O–H groups in total. The summed E-state index contributed by atoms with van der Waals surface area (Å²) >= 11 is 0. The van der Waals surface area contributed by atoms with E-state index in [9.17, 15) is 4.79 Å². The molecule has 1 aliphatic heterocycles. The maximum Gasteiger partial charge on any atom is 0.253 e. The third kappa shape index (κ3) is 3.78. The summed E-state index contributed by atoms with van der Waals surface area (Å²) in [5.41, 5.74) is 1.90. The molecule has 1 aromatic rings. The summed E-state index contributed by atoms with van der Waals surface area (Å²) in [6.07, 6.45) is 0.811. The summed E-state index contributed by atoms with van der Waals surface area (Å²) in [5.74, 6) is 0.130. The van der Waals surface area contributed by atoms with Crippen molar-refractivity contribution in [1.29, 1.82) is 0 Å². The van der Waals surface area contributed by atoms with Gasteiger partial charge in [-0.15, -0.1) is 0 Å². The Morgan fingerprint density at radius 3 is 2.63 bits per heavy atom. The van der Waals surface area contributed by atoms with Crippen LogP contribution in [-0.4, -0.2) is 60.1 Å². The summed E-state index contributed by atoms with van der Waals surface area (Å²) in [7, 11) is 0. The molecule has 0 radical (unpaired) electrons. The van der Waals surface area contributed by atoms with Crippen molar-refractivity contribution >= 4 is 5.91 Å². The monoisotopic (exact) mass is 262 g/mol. The lowest BCUT2D eigenvalue weighted by Gasteiger charge is -2.34. The summed E-state index contributed by atoms with van der Waals surface area (Å²) in [6.45, 7) is 6.51. The van der Waals surface area contributed by atoms with Crippen LogP contribution < -0.4 is 0 Å². The highest BCUT2D eigenvalue weighted by molar-refractivity contribution is 5.94. The second kappa shape index (κ2) is 6.68. The van der Waals surface area contributed by atoms with Crippen molar-refractivity contribution in [3.05, 3.63) is 35.4 Å². The Bertz CT molecular complexity index is 426. The Hall–Kier alpha value is -1.39. The van der Waals surface area contributed by atoms with Crippen LogP contribution in [0.5, 0.6) is 0 Å². The van der Waals surface area contributed by atoms with Crippen molar-refractivity contribution in [2.45, 2.75) is 13.3 Å². The van der Waals surface area contributed by atoms with Gasteiger partial charge in [0.25, 0.3) is 5.91 Å². The number of benzene rings is 1. The van der Waals surface area contributed by atoms with E-state index >= 15 is 0 Å². The van der Waals surface area contributed by atoms with E-state index in [4.69, 9.17) is 5.11 Å². The van der Waals surface area contributed by atoms with Gasteiger partial charge in [0, 0.05) is 44.9 Å². The standard InChI is InChI=1S/C15H22N2O2/c1-13-4-2-5-14(12-13)15(19)17-9-7-16(8-10-17)6-3-11-18/h2,4-5,12,18H,3,6-11H2,1H3. The molecule has 0 aliphatic carbocycles. The largest absolute Gasteiger partial charge is 0.396 e. The Morgan fingerprint density at radius 2 is 2.00 bits per heavy atom. The van der Waals surface area contributed by atoms with Gasteiger partial charge in [-0.2, -0.15) is 0 Å². The maximum absolute atomic E-state index is 12.3. The smallest absolute Gasteiger partial charge is 0.253 e. The van der Waals surface area contributed by atoms with Gasteiger partial charge >= 0.3 is 0 Å². The SMILES string of the molecule is Cc1cccc(C(=O)N2CCN(CCCO)CC2)c1. The minimum absolute atomic E-state index is 0.130. The van der Waals surface area contributed by atoms with E-state index in [0.717, 1.165) is 50.3 Å². The number of carbonyl (C=O) groups excluding carboxylic acids is 1. The van der Waals surface area contributed by atoms with Gasteiger partial charge in [-0.05, 0) is 25.5 Å². The second-order valence-corrected chi connectivity index (χ2v) is 5.08. The van der Waals surface area contributed by atoms with Crippen molar-refractivity contribution in [1.82, 2.24) is 9.80 Å². The van der Waals surface area contributed by atoms with Crippen LogP contribution >= 0.6 is 0 Å². The number of aliphatic hydroxyl groups excluding tert-OH is 1. The molecule has 0 aromatic heterocycles. The zero-order valence-corrected chi connectivity index (χ0v) is 11.5. The lowest BCUT2D eigenvalue weighted by atomic mass is 10.1. The average molecular weight is 262 g/mol. The van der Waals surface area contributed by atoms with Gasteiger partial charge in [-0.25, -0.2) is 0 Å². The molecule has 4 heteroatoms. The van der Waals surface area contributed by atoms with Crippen LogP contribution in [0.4, 0.5) is 0 Å². The molecule has 104 valence electrons. The minimum atomic E-state index is 0.130. The van der Waals surface area contributed by atoms with E-state index in [1.54, 1.807) is 0 Å². The van der Waals surface area contributed by atoms with Gasteiger partial charge in [0.05, 0.1) is 0 Å². The summed E-state index contributed by atoms with van der Waals surface area (Å²) in [5, 5.41) is 8.82. The van der Waals surface area contributed by atoms with E-state index in [1.807, 2.05) is 36.1 Å². The number of carbonyl (C=O) groups is 1. The molecule has 1 amide bonds. The number of nitrogens with zero attached hydrogens (tertiary/aromatic N) is 2. The fraction of sp³-hybridized carbons (Fsp3) is 0.533. The zero-order chi connectivity index (χ0) is 13.7. The van der Waals surface area contributed by atoms with Crippen LogP contribution in [0.15, 0.2) is 24.3 Å². The molecular formula is C15H22N2O2. The molecule has 1 aliphatic rings. The number of hydrogen-bond acceptors (Lipinski definition) is 3. The predicted octanol–water partition coefficient (Wildman–Crippen LogP) is 1.14. The van der Waals surface area contributed by atoms with Crippen molar-refractivity contribution in [2.75, 3.05) is 39.3 Å². The molecule has 0 unspecified atom stereocenters. The molecule has 19 heavy (non-hydrogen) atoms. The number of amides is 1. The minimum Gasteiger partial charge on any atom is -0.396 e. The number of aryl methyl sites for hydroxylation is 1. The Morgan fingerprint density at radius 1 is 1.26 bits per heavy atom. The average Bonchev–Trinajstić information content (AvgIpc) is 2.45. The fourth-order valence-corrected chi connectivity index (χ4v) is 2.43. The molecule has 4 nitrogen and oxygen atoms in total. The molecule has 0 saturated carbocycles. The van der Waals surface area contributed by atoms with Gasteiger partial charge in [0.15, 0.2) is 0 Å². The number of aliphatic hydroxyl groups is 1. The zero-order valence-electron chi connectivity index (χ0n) is 11.5. The van der Waals surface area contributed by atoms with E-state index in [2.05, 4.69) is 4.90 Å². The Balaban J connectivity index is 1.89. The van der Waals surface area contributed by atoms with E-state index in [0.29, 0.717) is 0 Å². The van der Waals surface area contributed by atoms with Crippen LogP contribution in [0.2, 0.25) is 0 Å². The summed E-state index contributed by atoms with van der Waals surface area (Å²) in [4.78, 5) is 16.6. The van der Waals surface area contributed by atoms with Crippen molar-refractivity contribution in [3.8, 4) is 0 Å². The molecule has 0 atom stereocenters. The van der Waals surface area contributed by atoms with Gasteiger partial charge < -0.3 is 10.0 Å². The van der Waals surface area contributed by atoms with Crippen molar-refractivity contribution in [2.24, 2.45) is 0 Å². The highest BCUT2D eigenvalue weighted by atomic mass is 16.3. The van der Waals surface area contributed by atoms with Crippen LogP contribution in [0.3, 0.4) is 0 Å². The van der Waals surface area contributed by atoms with Crippen LogP contribution in [0.1, 0.15) is 22.3 Å². The highest BCUT2D eigenvalue weighted by Gasteiger charge is 2.21. The molecule has 1 saturated heterocycles. The van der Waals surface area contributed by atoms with Gasteiger partial charge in [-0.3, -0.25) is 9.69 Å². The third-order valence-corrected chi connectivity index (χ3v) is 3.56. The lowest BCUT2D eigenvalue weighted by Crippen LogP contribution is -2.48. The quantitative estimate of drug-likeness (QED) is 0.885. The van der Waals surface area contributed by atoms with E-state index in [-0.39, 0.29) is 12.5 Å². The third-order valence-electron chi connectivity index (χ3n) is 3.56. The number of rotatable bonds is 4.